The Bertz CT molecular complexity index is 1130. The number of rotatable bonds is 4. The van der Waals surface area contributed by atoms with Gasteiger partial charge in [0.25, 0.3) is 5.91 Å². The van der Waals surface area contributed by atoms with Crippen LogP contribution in [0, 0.1) is 13.8 Å². The molecule has 2 amide bonds. The van der Waals surface area contributed by atoms with Crippen LogP contribution in [-0.4, -0.2) is 56.8 Å². The lowest BCUT2D eigenvalue weighted by Gasteiger charge is -2.34. The van der Waals surface area contributed by atoms with E-state index in [9.17, 15) is 18.0 Å². The molecule has 4 rings (SSSR count). The van der Waals surface area contributed by atoms with E-state index >= 15 is 0 Å². The molecule has 2 aliphatic heterocycles. The van der Waals surface area contributed by atoms with Crippen LogP contribution in [0.25, 0.3) is 0 Å². The minimum absolute atomic E-state index is 0.126. The summed E-state index contributed by atoms with van der Waals surface area (Å²) in [4.78, 5) is 28.0. The normalized spacial score (nSPS) is 21.1. The number of hydrogen-bond donors (Lipinski definition) is 1. The van der Waals surface area contributed by atoms with Crippen LogP contribution in [0.15, 0.2) is 47.4 Å². The summed E-state index contributed by atoms with van der Waals surface area (Å²) in [5, 5.41) is 0.533. The summed E-state index contributed by atoms with van der Waals surface area (Å²) in [6.45, 7) is 5.30. The number of anilines is 1. The fourth-order valence-corrected chi connectivity index (χ4v) is 6.18. The second kappa shape index (κ2) is 8.35. The number of halogens is 1. The molecule has 0 aliphatic carbocycles. The molecule has 0 radical (unpaired) electrons. The molecule has 2 aromatic carbocycles. The molecule has 0 bridgehead atoms. The zero-order chi connectivity index (χ0) is 22.3. The molecule has 0 unspecified atom stereocenters. The highest BCUT2D eigenvalue weighted by molar-refractivity contribution is 7.89. The second-order valence-corrected chi connectivity index (χ2v) is 10.5. The van der Waals surface area contributed by atoms with Crippen molar-refractivity contribution in [2.75, 3.05) is 31.1 Å². The van der Waals surface area contributed by atoms with E-state index in [1.807, 2.05) is 13.0 Å². The predicted molar refractivity (Wildman–Crippen MR) is 118 cm³/mol. The van der Waals surface area contributed by atoms with Crippen LogP contribution in [0.3, 0.4) is 0 Å². The number of carbonyl (C=O) groups excluding carboxylic acids is 2. The molecule has 2 aliphatic rings. The Morgan fingerprint density at radius 2 is 1.65 bits per heavy atom. The fraction of sp³-hybridized carbons (Fsp3) is 0.364. The minimum atomic E-state index is -3.59. The molecule has 164 valence electrons. The largest absolute Gasteiger partial charge is 0.322 e. The van der Waals surface area contributed by atoms with Crippen molar-refractivity contribution in [3.8, 4) is 0 Å². The summed E-state index contributed by atoms with van der Waals surface area (Å²) in [7, 11) is -3.59. The maximum absolute atomic E-state index is 13.1. The molecular weight excluding hydrogens is 438 g/mol. The first-order valence-electron chi connectivity index (χ1n) is 10.2. The number of hydrogen-bond acceptors (Lipinski definition) is 4. The van der Waals surface area contributed by atoms with Gasteiger partial charge in [-0.15, -0.1) is 0 Å². The third kappa shape index (κ3) is 4.13. The Labute approximate surface area is 187 Å². The van der Waals surface area contributed by atoms with Gasteiger partial charge < -0.3 is 4.90 Å². The Morgan fingerprint density at radius 1 is 1.00 bits per heavy atom. The minimum Gasteiger partial charge on any atom is -0.322 e. The van der Waals surface area contributed by atoms with Crippen molar-refractivity contribution >= 4 is 39.1 Å². The first-order chi connectivity index (χ1) is 14.7. The van der Waals surface area contributed by atoms with Crippen LogP contribution >= 0.6 is 11.6 Å². The van der Waals surface area contributed by atoms with Crippen molar-refractivity contribution in [2.45, 2.75) is 31.2 Å². The molecule has 9 heteroatoms. The van der Waals surface area contributed by atoms with Crippen molar-refractivity contribution in [2.24, 2.45) is 0 Å². The van der Waals surface area contributed by atoms with Gasteiger partial charge in [0.05, 0.1) is 43.2 Å². The quantitative estimate of drug-likeness (QED) is 0.692. The van der Waals surface area contributed by atoms with Gasteiger partial charge in [-0.3, -0.25) is 9.59 Å². The van der Waals surface area contributed by atoms with Gasteiger partial charge in [0.1, 0.15) is 0 Å². The molecule has 1 N–H and O–H groups in total. The fourth-order valence-electron chi connectivity index (χ4n) is 4.40. The van der Waals surface area contributed by atoms with Crippen LogP contribution < -0.4 is 9.80 Å². The number of benzene rings is 2. The van der Waals surface area contributed by atoms with E-state index in [1.54, 1.807) is 43.3 Å². The number of carbonyl (C=O) groups is 2. The molecular formula is C22H25ClN3O4S+. The number of aryl methyl sites for hydroxylation is 2. The maximum Gasteiger partial charge on any atom is 0.292 e. The van der Waals surface area contributed by atoms with Gasteiger partial charge in [0.15, 0.2) is 6.04 Å². The highest BCUT2D eigenvalue weighted by atomic mass is 35.5. The summed E-state index contributed by atoms with van der Waals surface area (Å²) >= 11 is 5.91. The molecule has 0 saturated carbocycles. The zero-order valence-electron chi connectivity index (χ0n) is 17.5. The van der Waals surface area contributed by atoms with Gasteiger partial charge in [0.2, 0.25) is 15.9 Å². The lowest BCUT2D eigenvalue weighted by Crippen LogP contribution is -3.19. The van der Waals surface area contributed by atoms with E-state index in [0.717, 1.165) is 16.0 Å². The summed E-state index contributed by atoms with van der Waals surface area (Å²) in [6.07, 6.45) is 0.126. The van der Waals surface area contributed by atoms with E-state index in [2.05, 4.69) is 0 Å². The van der Waals surface area contributed by atoms with Crippen molar-refractivity contribution in [3.63, 3.8) is 0 Å². The molecule has 2 saturated heterocycles. The SMILES string of the molecule is Cc1ccc(S(=O)(=O)N2CC[NH+]([C@H]3CC(=O)N(c4ccc(Cl)cc4)C3=O)CC2)c(C)c1. The van der Waals surface area contributed by atoms with Gasteiger partial charge in [0, 0.05) is 5.02 Å². The smallest absolute Gasteiger partial charge is 0.292 e. The number of imide groups is 1. The molecule has 1 atom stereocenters. The molecule has 0 aromatic heterocycles. The van der Waals surface area contributed by atoms with Crippen LogP contribution in [0.2, 0.25) is 5.02 Å². The third-order valence-corrected chi connectivity index (χ3v) is 8.35. The molecule has 31 heavy (non-hydrogen) atoms. The Morgan fingerprint density at radius 3 is 2.26 bits per heavy atom. The van der Waals surface area contributed by atoms with Gasteiger partial charge in [-0.25, -0.2) is 13.3 Å². The van der Waals surface area contributed by atoms with E-state index < -0.39 is 16.1 Å². The van der Waals surface area contributed by atoms with Crippen LogP contribution in [0.5, 0.6) is 0 Å². The van der Waals surface area contributed by atoms with Crippen molar-refractivity contribution in [1.29, 1.82) is 0 Å². The molecule has 0 spiro atoms. The number of quaternary nitrogens is 1. The number of nitrogens with one attached hydrogen (secondary N) is 1. The van der Waals surface area contributed by atoms with E-state index in [4.69, 9.17) is 11.6 Å². The summed E-state index contributed by atoms with van der Waals surface area (Å²) < 4.78 is 27.7. The maximum atomic E-state index is 13.1. The standard InChI is InChI=1S/C22H24ClN3O4S/c1-15-3-8-20(16(2)13-15)31(29,30)25-11-9-24(10-12-25)19-14-21(27)26(22(19)28)18-6-4-17(23)5-7-18/h3-8,13,19H,9-12,14H2,1-2H3/p+1/t19-/m0/s1. The van der Waals surface area contributed by atoms with E-state index in [-0.39, 0.29) is 18.2 Å². The number of piperazine rings is 1. The number of nitrogens with zero attached hydrogens (tertiary/aromatic N) is 2. The van der Waals surface area contributed by atoms with Gasteiger partial charge in [-0.1, -0.05) is 29.3 Å². The first kappa shape index (κ1) is 22.0. The van der Waals surface area contributed by atoms with Crippen LogP contribution in [0.1, 0.15) is 17.5 Å². The second-order valence-electron chi connectivity index (χ2n) is 8.13. The van der Waals surface area contributed by atoms with Crippen LogP contribution in [-0.2, 0) is 19.6 Å². The lowest BCUT2D eigenvalue weighted by atomic mass is 10.2. The van der Waals surface area contributed by atoms with E-state index in [1.165, 1.54) is 9.21 Å². The first-order valence-corrected chi connectivity index (χ1v) is 12.0. The molecule has 2 aromatic rings. The highest BCUT2D eigenvalue weighted by Gasteiger charge is 2.47. The molecule has 7 nitrogen and oxygen atoms in total. The monoisotopic (exact) mass is 462 g/mol. The summed E-state index contributed by atoms with van der Waals surface area (Å²) in [5.41, 5.74) is 2.25. The Balaban J connectivity index is 1.46. The lowest BCUT2D eigenvalue weighted by molar-refractivity contribution is -0.918. The Hall–Kier alpha value is -2.26. The van der Waals surface area contributed by atoms with Gasteiger partial charge in [-0.2, -0.15) is 4.31 Å². The Kier molecular flexibility index (Phi) is 5.91. The van der Waals surface area contributed by atoms with Crippen molar-refractivity contribution in [3.05, 3.63) is 58.6 Å². The van der Waals surface area contributed by atoms with E-state index in [0.29, 0.717) is 41.8 Å². The highest BCUT2D eigenvalue weighted by Crippen LogP contribution is 2.24. The van der Waals surface area contributed by atoms with Crippen molar-refractivity contribution in [1.82, 2.24) is 4.31 Å². The average molecular weight is 463 g/mol. The van der Waals surface area contributed by atoms with Gasteiger partial charge >= 0.3 is 0 Å². The topological polar surface area (TPSA) is 79.2 Å². The number of amides is 2. The molecule has 2 heterocycles. The predicted octanol–water partition coefficient (Wildman–Crippen LogP) is 1.18. The number of sulfonamides is 1. The summed E-state index contributed by atoms with van der Waals surface area (Å²) in [6, 6.07) is 11.4. The van der Waals surface area contributed by atoms with Crippen molar-refractivity contribution < 1.29 is 22.9 Å². The third-order valence-electron chi connectivity index (χ3n) is 6.04. The van der Waals surface area contributed by atoms with Crippen LogP contribution in [0.4, 0.5) is 5.69 Å². The molecule has 2 fully saturated rings. The zero-order valence-corrected chi connectivity index (χ0v) is 19.0. The average Bonchev–Trinajstić information content (AvgIpc) is 3.02. The summed E-state index contributed by atoms with van der Waals surface area (Å²) in [5.74, 6) is -0.483. The van der Waals surface area contributed by atoms with Gasteiger partial charge in [-0.05, 0) is 49.7 Å².